The van der Waals surface area contributed by atoms with E-state index in [1.807, 2.05) is 61.5 Å². The molecule has 1 N–H and O–H groups in total. The van der Waals surface area contributed by atoms with Gasteiger partial charge < -0.3 is 14.7 Å². The lowest BCUT2D eigenvalue weighted by atomic mass is 9.81. The summed E-state index contributed by atoms with van der Waals surface area (Å²) in [4.78, 5) is 31.5. The Hall–Kier alpha value is -3.48. The van der Waals surface area contributed by atoms with E-state index in [0.29, 0.717) is 38.2 Å². The van der Waals surface area contributed by atoms with Crippen LogP contribution < -0.4 is 5.32 Å². The molecule has 160 valence electrons. The quantitative estimate of drug-likeness (QED) is 0.664. The van der Waals surface area contributed by atoms with Gasteiger partial charge in [0, 0.05) is 43.8 Å². The van der Waals surface area contributed by atoms with E-state index in [1.165, 1.54) is 6.92 Å². The van der Waals surface area contributed by atoms with Crippen molar-refractivity contribution in [1.82, 2.24) is 20.4 Å². The number of nitrogens with one attached hydrogen (secondary N) is 1. The second-order valence-corrected chi connectivity index (χ2v) is 8.15. The van der Waals surface area contributed by atoms with Gasteiger partial charge in [0.1, 0.15) is 11.5 Å². The first-order valence-electron chi connectivity index (χ1n) is 10.4. The molecule has 2 amide bonds. The highest BCUT2D eigenvalue weighted by Crippen LogP contribution is 2.36. The minimum absolute atomic E-state index is 0.0300. The smallest absolute Gasteiger partial charge is 0.228 e. The Morgan fingerprint density at radius 3 is 2.68 bits per heavy atom. The molecule has 1 saturated heterocycles. The summed E-state index contributed by atoms with van der Waals surface area (Å²) in [5.74, 6) is 0.503. The molecule has 3 aromatic rings. The molecule has 0 aliphatic carbocycles. The maximum Gasteiger partial charge on any atom is 0.228 e. The van der Waals surface area contributed by atoms with Crippen LogP contribution in [0.3, 0.4) is 0 Å². The maximum atomic E-state index is 13.3. The maximum absolute atomic E-state index is 13.3. The Bertz CT molecular complexity index is 1080. The number of aryl methyl sites for hydroxylation is 1. The van der Waals surface area contributed by atoms with E-state index in [4.69, 9.17) is 4.52 Å². The van der Waals surface area contributed by atoms with E-state index >= 15 is 0 Å². The molecule has 0 radical (unpaired) electrons. The Morgan fingerprint density at radius 2 is 1.97 bits per heavy atom. The first-order chi connectivity index (χ1) is 14.9. The number of likely N-dealkylation sites (tertiary alicyclic amines) is 1. The third-order valence-corrected chi connectivity index (χ3v) is 5.80. The van der Waals surface area contributed by atoms with Gasteiger partial charge >= 0.3 is 0 Å². The minimum atomic E-state index is -0.761. The average molecular weight is 418 g/mol. The summed E-state index contributed by atoms with van der Waals surface area (Å²) in [5.41, 5.74) is 2.63. The topological polar surface area (TPSA) is 88.3 Å². The normalized spacial score (nSPS) is 18.2. The highest BCUT2D eigenvalue weighted by molar-refractivity contribution is 5.85. The SMILES string of the molecule is CC(=O)N1CCC(Cc2cc(-c3ccccc3)no2)(C(=O)NCc2cccc(C)n2)C1. The van der Waals surface area contributed by atoms with Gasteiger partial charge in [-0.1, -0.05) is 41.6 Å². The number of hydrogen-bond acceptors (Lipinski definition) is 5. The van der Waals surface area contributed by atoms with Gasteiger partial charge in [-0.3, -0.25) is 14.6 Å². The Labute approximate surface area is 181 Å². The van der Waals surface area contributed by atoms with Crippen LogP contribution in [-0.2, 0) is 22.6 Å². The summed E-state index contributed by atoms with van der Waals surface area (Å²) in [5, 5.41) is 7.20. The summed E-state index contributed by atoms with van der Waals surface area (Å²) in [6.45, 7) is 4.70. The standard InChI is InChI=1S/C24H26N4O3/c1-17-7-6-10-20(26-17)15-25-23(30)24(11-12-28(16-24)18(2)29)14-21-13-22(27-31-21)19-8-4-3-5-9-19/h3-10,13H,11-12,14-16H2,1-2H3,(H,25,30). The number of aromatic nitrogens is 2. The van der Waals surface area contributed by atoms with Crippen LogP contribution >= 0.6 is 0 Å². The monoisotopic (exact) mass is 418 g/mol. The van der Waals surface area contributed by atoms with E-state index < -0.39 is 5.41 Å². The van der Waals surface area contributed by atoms with E-state index in [2.05, 4.69) is 15.5 Å². The van der Waals surface area contributed by atoms with Crippen molar-refractivity contribution in [2.24, 2.45) is 5.41 Å². The summed E-state index contributed by atoms with van der Waals surface area (Å²) in [6.07, 6.45) is 0.949. The highest BCUT2D eigenvalue weighted by Gasteiger charge is 2.46. The molecule has 1 aliphatic heterocycles. The minimum Gasteiger partial charge on any atom is -0.361 e. The predicted molar refractivity (Wildman–Crippen MR) is 116 cm³/mol. The molecule has 0 bridgehead atoms. The molecule has 4 rings (SSSR count). The zero-order valence-corrected chi connectivity index (χ0v) is 17.8. The van der Waals surface area contributed by atoms with E-state index in [0.717, 1.165) is 22.6 Å². The molecule has 0 saturated carbocycles. The van der Waals surface area contributed by atoms with Gasteiger partial charge in [0.05, 0.1) is 17.7 Å². The Kier molecular flexibility index (Phi) is 5.84. The molecule has 1 atom stereocenters. The van der Waals surface area contributed by atoms with Crippen molar-refractivity contribution in [1.29, 1.82) is 0 Å². The van der Waals surface area contributed by atoms with Crippen molar-refractivity contribution in [3.63, 3.8) is 0 Å². The van der Waals surface area contributed by atoms with Crippen LogP contribution in [0.1, 0.15) is 30.5 Å². The van der Waals surface area contributed by atoms with Gasteiger partial charge in [0.2, 0.25) is 11.8 Å². The number of rotatable bonds is 6. The number of hydrogen-bond donors (Lipinski definition) is 1. The van der Waals surface area contributed by atoms with Crippen LogP contribution in [-0.4, -0.2) is 39.9 Å². The number of pyridine rings is 1. The average Bonchev–Trinajstić information content (AvgIpc) is 3.41. The molecular weight excluding hydrogens is 392 g/mol. The van der Waals surface area contributed by atoms with Crippen LogP contribution in [0.15, 0.2) is 59.1 Å². The fraction of sp³-hybridized carbons (Fsp3) is 0.333. The van der Waals surface area contributed by atoms with Crippen molar-refractivity contribution in [3.8, 4) is 11.3 Å². The van der Waals surface area contributed by atoms with Gasteiger partial charge in [-0.05, 0) is 25.5 Å². The first-order valence-corrected chi connectivity index (χ1v) is 10.4. The van der Waals surface area contributed by atoms with Gasteiger partial charge in [-0.15, -0.1) is 0 Å². The highest BCUT2D eigenvalue weighted by atomic mass is 16.5. The van der Waals surface area contributed by atoms with Crippen LogP contribution in [0, 0.1) is 12.3 Å². The molecule has 31 heavy (non-hydrogen) atoms. The molecule has 2 aromatic heterocycles. The Balaban J connectivity index is 1.53. The number of benzene rings is 1. The van der Waals surface area contributed by atoms with Gasteiger partial charge in [-0.25, -0.2) is 0 Å². The summed E-state index contributed by atoms with van der Waals surface area (Å²) in [6, 6.07) is 17.4. The zero-order chi connectivity index (χ0) is 21.8. The second kappa shape index (κ2) is 8.71. The van der Waals surface area contributed by atoms with Gasteiger partial charge in [-0.2, -0.15) is 0 Å². The molecule has 0 spiro atoms. The molecular formula is C24H26N4O3. The van der Waals surface area contributed by atoms with Gasteiger partial charge in [0.15, 0.2) is 0 Å². The van der Waals surface area contributed by atoms with Crippen LogP contribution in [0.25, 0.3) is 11.3 Å². The molecule has 1 fully saturated rings. The van der Waals surface area contributed by atoms with Crippen LogP contribution in [0.5, 0.6) is 0 Å². The molecule has 3 heterocycles. The van der Waals surface area contributed by atoms with Crippen LogP contribution in [0.4, 0.5) is 0 Å². The third kappa shape index (κ3) is 4.66. The van der Waals surface area contributed by atoms with E-state index in [1.54, 1.807) is 4.90 Å². The molecule has 7 heteroatoms. The summed E-state index contributed by atoms with van der Waals surface area (Å²) in [7, 11) is 0. The van der Waals surface area contributed by atoms with Gasteiger partial charge in [0.25, 0.3) is 0 Å². The lowest BCUT2D eigenvalue weighted by molar-refractivity contribution is -0.132. The first kappa shape index (κ1) is 20.8. The fourth-order valence-electron chi connectivity index (χ4n) is 4.08. The fourth-order valence-corrected chi connectivity index (χ4v) is 4.08. The van der Waals surface area contributed by atoms with Crippen LogP contribution in [0.2, 0.25) is 0 Å². The molecule has 7 nitrogen and oxygen atoms in total. The summed E-state index contributed by atoms with van der Waals surface area (Å²) >= 11 is 0. The number of carbonyl (C=O) groups is 2. The molecule has 1 unspecified atom stereocenters. The lowest BCUT2D eigenvalue weighted by Gasteiger charge is -2.27. The third-order valence-electron chi connectivity index (χ3n) is 5.80. The van der Waals surface area contributed by atoms with Crippen molar-refractivity contribution in [3.05, 3.63) is 71.7 Å². The second-order valence-electron chi connectivity index (χ2n) is 8.15. The zero-order valence-electron chi connectivity index (χ0n) is 17.8. The van der Waals surface area contributed by atoms with E-state index in [9.17, 15) is 9.59 Å². The van der Waals surface area contributed by atoms with Crippen molar-refractivity contribution in [2.75, 3.05) is 13.1 Å². The van der Waals surface area contributed by atoms with Crippen molar-refractivity contribution < 1.29 is 14.1 Å². The largest absolute Gasteiger partial charge is 0.361 e. The molecule has 1 aromatic carbocycles. The number of nitrogens with zero attached hydrogens (tertiary/aromatic N) is 3. The van der Waals surface area contributed by atoms with Crippen molar-refractivity contribution >= 4 is 11.8 Å². The van der Waals surface area contributed by atoms with E-state index in [-0.39, 0.29) is 11.8 Å². The Morgan fingerprint density at radius 1 is 1.16 bits per heavy atom. The summed E-state index contributed by atoms with van der Waals surface area (Å²) < 4.78 is 5.58. The van der Waals surface area contributed by atoms with Crippen molar-refractivity contribution in [2.45, 2.75) is 33.2 Å². The number of carbonyl (C=O) groups excluding carboxylic acids is 2. The predicted octanol–water partition coefficient (Wildman–Crippen LogP) is 3.14. The number of amides is 2. The lowest BCUT2D eigenvalue weighted by Crippen LogP contribution is -2.44. The molecule has 1 aliphatic rings.